The molecule has 0 aromatic rings. The van der Waals surface area contributed by atoms with Gasteiger partial charge in [0.05, 0.1) is 26.2 Å². The summed E-state index contributed by atoms with van der Waals surface area (Å²) in [5.41, 5.74) is 5.27. The molecule has 0 aromatic heterocycles. The maximum Gasteiger partial charge on any atom is 0.336 e. The zero-order chi connectivity index (χ0) is 15.4. The predicted octanol–water partition coefficient (Wildman–Crippen LogP) is -0.822. The molecule has 2 unspecified atom stereocenters. The lowest BCUT2D eigenvalue weighted by Crippen LogP contribution is -2.53. The Morgan fingerprint density at radius 1 is 1.19 bits per heavy atom. The van der Waals surface area contributed by atoms with Crippen LogP contribution in [0.25, 0.3) is 0 Å². The van der Waals surface area contributed by atoms with E-state index in [9.17, 15) is 14.4 Å². The third-order valence-electron chi connectivity index (χ3n) is 3.92. The molecule has 21 heavy (non-hydrogen) atoms. The van der Waals surface area contributed by atoms with Gasteiger partial charge in [0, 0.05) is 19.6 Å². The number of piperidine rings is 1. The van der Waals surface area contributed by atoms with Gasteiger partial charge in [-0.25, -0.2) is 9.59 Å². The number of carbonyl (C=O) groups is 3. The van der Waals surface area contributed by atoms with Gasteiger partial charge in [-0.05, 0) is 12.8 Å². The number of hydrogen-bond donors (Lipinski definition) is 1. The second kappa shape index (κ2) is 6.75. The summed E-state index contributed by atoms with van der Waals surface area (Å²) in [4.78, 5) is 38.3. The van der Waals surface area contributed by atoms with Crippen LogP contribution < -0.4 is 5.73 Å². The molecule has 118 valence electrons. The van der Waals surface area contributed by atoms with Crippen LogP contribution in [0.1, 0.15) is 12.8 Å². The van der Waals surface area contributed by atoms with Gasteiger partial charge in [-0.3, -0.25) is 4.79 Å². The van der Waals surface area contributed by atoms with Gasteiger partial charge in [0.15, 0.2) is 6.10 Å². The van der Waals surface area contributed by atoms with Gasteiger partial charge in [0.1, 0.15) is 0 Å². The molecule has 2 fully saturated rings. The van der Waals surface area contributed by atoms with Crippen LogP contribution in [0.4, 0.5) is 4.79 Å². The number of nitrogens with two attached hydrogens (primary N) is 1. The summed E-state index contributed by atoms with van der Waals surface area (Å²) in [6.45, 7) is 1.87. The summed E-state index contributed by atoms with van der Waals surface area (Å²) in [5, 5.41) is 0. The Kier molecular flexibility index (Phi) is 5.00. The average molecular weight is 299 g/mol. The molecule has 8 heteroatoms. The molecule has 2 rings (SSSR count). The van der Waals surface area contributed by atoms with E-state index in [4.69, 9.17) is 10.5 Å². The van der Waals surface area contributed by atoms with Gasteiger partial charge >= 0.3 is 12.0 Å². The number of urea groups is 1. The maximum absolute atomic E-state index is 12.5. The fourth-order valence-corrected chi connectivity index (χ4v) is 2.76. The predicted molar refractivity (Wildman–Crippen MR) is 72.2 cm³/mol. The Labute approximate surface area is 123 Å². The Morgan fingerprint density at radius 3 is 2.62 bits per heavy atom. The number of carbonyl (C=O) groups excluding carboxylic acids is 3. The topological polar surface area (TPSA) is 102 Å². The molecule has 0 saturated carbocycles. The minimum atomic E-state index is -0.733. The highest BCUT2D eigenvalue weighted by Crippen LogP contribution is 2.20. The number of primary amides is 1. The van der Waals surface area contributed by atoms with Crippen LogP contribution in [0.5, 0.6) is 0 Å². The first-order valence-corrected chi connectivity index (χ1v) is 7.05. The van der Waals surface area contributed by atoms with Gasteiger partial charge in [-0.1, -0.05) is 0 Å². The first-order chi connectivity index (χ1) is 10.0. The van der Waals surface area contributed by atoms with E-state index in [1.165, 1.54) is 12.0 Å². The lowest BCUT2D eigenvalue weighted by atomic mass is 9.96. The van der Waals surface area contributed by atoms with E-state index in [2.05, 4.69) is 4.74 Å². The number of amides is 3. The van der Waals surface area contributed by atoms with Crippen molar-refractivity contribution >= 4 is 17.9 Å². The van der Waals surface area contributed by atoms with Crippen molar-refractivity contribution in [2.45, 2.75) is 18.9 Å². The van der Waals surface area contributed by atoms with Gasteiger partial charge in [-0.2, -0.15) is 0 Å². The van der Waals surface area contributed by atoms with Crippen LogP contribution in [0.15, 0.2) is 0 Å². The number of nitrogens with zero attached hydrogens (tertiary/aromatic N) is 2. The van der Waals surface area contributed by atoms with Crippen LogP contribution >= 0.6 is 0 Å². The molecule has 0 bridgehead atoms. The zero-order valence-corrected chi connectivity index (χ0v) is 12.1. The Hall–Kier alpha value is -1.83. The fourth-order valence-electron chi connectivity index (χ4n) is 2.76. The molecular formula is C13H21N3O5. The number of methoxy groups -OCH3 is 1. The Balaban J connectivity index is 1.95. The fraction of sp³-hybridized carbons (Fsp3) is 0.769. The average Bonchev–Trinajstić information content (AvgIpc) is 2.53. The molecule has 2 saturated heterocycles. The Morgan fingerprint density at radius 2 is 1.95 bits per heavy atom. The normalized spacial score (nSPS) is 26.3. The molecule has 0 radical (unpaired) electrons. The summed E-state index contributed by atoms with van der Waals surface area (Å²) >= 11 is 0. The number of esters is 1. The van der Waals surface area contributed by atoms with Crippen molar-refractivity contribution in [2.24, 2.45) is 11.7 Å². The van der Waals surface area contributed by atoms with Crippen molar-refractivity contribution in [2.75, 3.05) is 39.9 Å². The molecule has 2 N–H and O–H groups in total. The molecule has 0 aliphatic carbocycles. The molecule has 2 aliphatic rings. The summed E-state index contributed by atoms with van der Waals surface area (Å²) in [6, 6.07) is -0.498. The molecule has 0 spiro atoms. The van der Waals surface area contributed by atoms with Crippen molar-refractivity contribution in [1.29, 1.82) is 0 Å². The summed E-state index contributed by atoms with van der Waals surface area (Å²) < 4.78 is 9.95. The van der Waals surface area contributed by atoms with Crippen molar-refractivity contribution in [3.05, 3.63) is 0 Å². The molecule has 2 atom stereocenters. The summed E-state index contributed by atoms with van der Waals surface area (Å²) in [6.07, 6.45) is 0.746. The second-order valence-electron chi connectivity index (χ2n) is 5.29. The number of ether oxygens (including phenoxy) is 2. The molecule has 0 aromatic carbocycles. The smallest absolute Gasteiger partial charge is 0.336 e. The highest BCUT2D eigenvalue weighted by atomic mass is 16.6. The number of hydrogen-bond acceptors (Lipinski definition) is 5. The third kappa shape index (κ3) is 3.63. The first kappa shape index (κ1) is 15.6. The van der Waals surface area contributed by atoms with Gasteiger partial charge in [0.2, 0.25) is 5.91 Å². The SMILES string of the molecule is COC(=O)C1CN(C(=O)C2CCCN(C(N)=O)C2)CCO1. The lowest BCUT2D eigenvalue weighted by molar-refractivity contribution is -0.163. The highest BCUT2D eigenvalue weighted by Gasteiger charge is 2.35. The molecular weight excluding hydrogens is 278 g/mol. The summed E-state index contributed by atoms with van der Waals surface area (Å²) in [5.74, 6) is -0.796. The van der Waals surface area contributed by atoms with Crippen LogP contribution in [0, 0.1) is 5.92 Å². The monoisotopic (exact) mass is 299 g/mol. The van der Waals surface area contributed by atoms with E-state index in [1.54, 1.807) is 4.90 Å². The summed E-state index contributed by atoms with van der Waals surface area (Å²) in [7, 11) is 1.29. The van der Waals surface area contributed by atoms with E-state index < -0.39 is 18.1 Å². The third-order valence-corrected chi connectivity index (χ3v) is 3.92. The zero-order valence-electron chi connectivity index (χ0n) is 12.1. The molecule has 2 heterocycles. The molecule has 2 aliphatic heterocycles. The Bertz CT molecular complexity index is 428. The number of likely N-dealkylation sites (tertiary alicyclic amines) is 1. The van der Waals surface area contributed by atoms with Crippen LogP contribution in [-0.2, 0) is 19.1 Å². The highest BCUT2D eigenvalue weighted by molar-refractivity contribution is 5.82. The van der Waals surface area contributed by atoms with Crippen molar-refractivity contribution in [3.8, 4) is 0 Å². The minimum Gasteiger partial charge on any atom is -0.467 e. The first-order valence-electron chi connectivity index (χ1n) is 7.05. The van der Waals surface area contributed by atoms with E-state index in [1.807, 2.05) is 0 Å². The van der Waals surface area contributed by atoms with E-state index in [0.717, 1.165) is 12.8 Å². The number of morpholine rings is 1. The van der Waals surface area contributed by atoms with Crippen molar-refractivity contribution in [3.63, 3.8) is 0 Å². The largest absolute Gasteiger partial charge is 0.467 e. The second-order valence-corrected chi connectivity index (χ2v) is 5.29. The lowest BCUT2D eigenvalue weighted by Gasteiger charge is -2.37. The van der Waals surface area contributed by atoms with E-state index in [-0.39, 0.29) is 18.4 Å². The van der Waals surface area contributed by atoms with Crippen LogP contribution in [-0.4, -0.2) is 73.7 Å². The van der Waals surface area contributed by atoms with Crippen molar-refractivity contribution in [1.82, 2.24) is 9.80 Å². The van der Waals surface area contributed by atoms with Crippen LogP contribution in [0.2, 0.25) is 0 Å². The molecule has 8 nitrogen and oxygen atoms in total. The maximum atomic E-state index is 12.5. The van der Waals surface area contributed by atoms with Crippen LogP contribution in [0.3, 0.4) is 0 Å². The standard InChI is InChI=1S/C13H21N3O5/c1-20-12(18)10-8-15(5-6-21-10)11(17)9-3-2-4-16(7-9)13(14)19/h9-10H,2-8H2,1H3,(H2,14,19). The number of rotatable bonds is 2. The minimum absolute atomic E-state index is 0.0573. The van der Waals surface area contributed by atoms with E-state index in [0.29, 0.717) is 26.2 Å². The van der Waals surface area contributed by atoms with E-state index >= 15 is 0 Å². The molecule has 3 amide bonds. The quantitative estimate of drug-likeness (QED) is 0.671. The van der Waals surface area contributed by atoms with Gasteiger partial charge < -0.3 is 25.0 Å². The van der Waals surface area contributed by atoms with Gasteiger partial charge in [-0.15, -0.1) is 0 Å². The van der Waals surface area contributed by atoms with Gasteiger partial charge in [0.25, 0.3) is 0 Å². The van der Waals surface area contributed by atoms with Crippen molar-refractivity contribution < 1.29 is 23.9 Å².